The maximum atomic E-state index is 13.0. The van der Waals surface area contributed by atoms with Gasteiger partial charge < -0.3 is 0 Å². The lowest BCUT2D eigenvalue weighted by atomic mass is 10.2. The van der Waals surface area contributed by atoms with Gasteiger partial charge in [-0.15, -0.1) is 0 Å². The molecule has 13 heavy (non-hydrogen) atoms. The van der Waals surface area contributed by atoms with E-state index in [4.69, 9.17) is 0 Å². The van der Waals surface area contributed by atoms with E-state index in [2.05, 4.69) is 10.1 Å². The van der Waals surface area contributed by atoms with E-state index in [1.807, 2.05) is 0 Å². The first kappa shape index (κ1) is 7.85. The van der Waals surface area contributed by atoms with Crippen molar-refractivity contribution in [1.82, 2.24) is 14.8 Å². The smallest absolute Gasteiger partial charge is 0.158 e. The summed E-state index contributed by atoms with van der Waals surface area (Å²) >= 11 is 0. The third-order valence-corrected chi connectivity index (χ3v) is 1.87. The molecule has 0 saturated heterocycles. The molecule has 0 atom stereocenters. The van der Waals surface area contributed by atoms with Crippen molar-refractivity contribution in [2.45, 2.75) is 0 Å². The zero-order valence-electron chi connectivity index (χ0n) is 6.86. The van der Waals surface area contributed by atoms with Gasteiger partial charge in [-0.25, -0.2) is 9.37 Å². The molecule has 0 fully saturated rings. The SMILES string of the molecule is Cn1ncc2c(C=O)c(F)cnc21. The van der Waals surface area contributed by atoms with Gasteiger partial charge in [-0.1, -0.05) is 0 Å². The van der Waals surface area contributed by atoms with Gasteiger partial charge in [-0.2, -0.15) is 5.10 Å². The van der Waals surface area contributed by atoms with Gasteiger partial charge >= 0.3 is 0 Å². The predicted molar refractivity (Wildman–Crippen MR) is 43.9 cm³/mol. The van der Waals surface area contributed by atoms with E-state index in [0.717, 1.165) is 6.20 Å². The highest BCUT2D eigenvalue weighted by Gasteiger charge is 2.10. The zero-order valence-corrected chi connectivity index (χ0v) is 6.86. The number of aryl methyl sites for hydroxylation is 1. The van der Waals surface area contributed by atoms with Gasteiger partial charge in [0.25, 0.3) is 0 Å². The molecule has 2 aromatic rings. The molecule has 66 valence electrons. The number of halogens is 1. The molecule has 0 bridgehead atoms. The van der Waals surface area contributed by atoms with Crippen molar-refractivity contribution in [3.05, 3.63) is 23.8 Å². The minimum atomic E-state index is -0.615. The predicted octanol–water partition coefficient (Wildman–Crippen LogP) is 0.920. The Labute approximate surface area is 73.0 Å². The zero-order chi connectivity index (χ0) is 9.42. The van der Waals surface area contributed by atoms with Gasteiger partial charge in [0, 0.05) is 7.05 Å². The van der Waals surface area contributed by atoms with Crippen LogP contribution in [0.4, 0.5) is 4.39 Å². The van der Waals surface area contributed by atoms with Crippen molar-refractivity contribution in [1.29, 1.82) is 0 Å². The maximum Gasteiger partial charge on any atom is 0.158 e. The molecule has 4 nitrogen and oxygen atoms in total. The number of fused-ring (bicyclic) bond motifs is 1. The van der Waals surface area contributed by atoms with E-state index in [1.54, 1.807) is 7.05 Å². The van der Waals surface area contributed by atoms with Crippen molar-refractivity contribution < 1.29 is 9.18 Å². The standard InChI is InChI=1S/C8H6FN3O/c1-12-8-5(2-11-12)6(4-13)7(9)3-10-8/h2-4H,1H3. The molecule has 0 aromatic carbocycles. The quantitative estimate of drug-likeness (QED) is 0.611. The molecule has 2 aromatic heterocycles. The fourth-order valence-corrected chi connectivity index (χ4v) is 1.21. The Balaban J connectivity index is 2.92. The lowest BCUT2D eigenvalue weighted by Gasteiger charge is -1.96. The normalized spacial score (nSPS) is 10.6. The van der Waals surface area contributed by atoms with E-state index in [1.165, 1.54) is 10.9 Å². The number of hydrogen-bond acceptors (Lipinski definition) is 3. The number of aromatic nitrogens is 3. The average Bonchev–Trinajstić information content (AvgIpc) is 2.48. The van der Waals surface area contributed by atoms with Crippen LogP contribution in [0.5, 0.6) is 0 Å². The van der Waals surface area contributed by atoms with Gasteiger partial charge in [-0.3, -0.25) is 9.48 Å². The molecule has 0 unspecified atom stereocenters. The Kier molecular flexibility index (Phi) is 1.58. The largest absolute Gasteiger partial charge is 0.298 e. The van der Waals surface area contributed by atoms with Gasteiger partial charge in [0.15, 0.2) is 17.8 Å². The molecule has 0 N–H and O–H groups in total. The minimum absolute atomic E-state index is 0.0121. The van der Waals surface area contributed by atoms with Crippen LogP contribution >= 0.6 is 0 Å². The lowest BCUT2D eigenvalue weighted by Crippen LogP contribution is -1.95. The number of hydrogen-bond donors (Lipinski definition) is 0. The summed E-state index contributed by atoms with van der Waals surface area (Å²) in [5.74, 6) is -0.615. The number of carbonyl (C=O) groups is 1. The van der Waals surface area contributed by atoms with Crippen LogP contribution < -0.4 is 0 Å². The second kappa shape index (κ2) is 2.62. The Bertz CT molecular complexity index is 477. The van der Waals surface area contributed by atoms with Crippen LogP contribution in [-0.4, -0.2) is 21.1 Å². The Morgan fingerprint density at radius 1 is 1.54 bits per heavy atom. The highest BCUT2D eigenvalue weighted by molar-refractivity contribution is 5.94. The lowest BCUT2D eigenvalue weighted by molar-refractivity contribution is 0.112. The van der Waals surface area contributed by atoms with Gasteiger partial charge in [0.05, 0.1) is 23.3 Å². The fraction of sp³-hybridized carbons (Fsp3) is 0.125. The molecule has 0 aliphatic rings. The first-order valence-electron chi connectivity index (χ1n) is 3.65. The van der Waals surface area contributed by atoms with Gasteiger partial charge in [-0.05, 0) is 0 Å². The highest BCUT2D eigenvalue weighted by atomic mass is 19.1. The Hall–Kier alpha value is -1.78. The summed E-state index contributed by atoms with van der Waals surface area (Å²) in [4.78, 5) is 14.4. The first-order valence-corrected chi connectivity index (χ1v) is 3.65. The van der Waals surface area contributed by atoms with Gasteiger partial charge in [0.1, 0.15) is 0 Å². The number of carbonyl (C=O) groups excluding carboxylic acids is 1. The molecule has 2 rings (SSSR count). The van der Waals surface area contributed by atoms with E-state index in [9.17, 15) is 9.18 Å². The molecule has 0 radical (unpaired) electrons. The Morgan fingerprint density at radius 3 is 3.00 bits per heavy atom. The third-order valence-electron chi connectivity index (χ3n) is 1.87. The monoisotopic (exact) mass is 179 g/mol. The van der Waals surface area contributed by atoms with Crippen LogP contribution in [0.15, 0.2) is 12.4 Å². The molecule has 0 saturated carbocycles. The summed E-state index contributed by atoms with van der Waals surface area (Å²) in [5.41, 5.74) is 0.515. The van der Waals surface area contributed by atoms with Crippen molar-refractivity contribution in [3.63, 3.8) is 0 Å². The first-order chi connectivity index (χ1) is 6.24. The molecule has 0 aliphatic heterocycles. The molecule has 0 amide bonds. The molecule has 2 heterocycles. The summed E-state index contributed by atoms with van der Waals surface area (Å²) < 4.78 is 14.5. The second-order valence-electron chi connectivity index (χ2n) is 2.64. The van der Waals surface area contributed by atoms with Crippen molar-refractivity contribution in [2.75, 3.05) is 0 Å². The Morgan fingerprint density at radius 2 is 2.31 bits per heavy atom. The van der Waals surface area contributed by atoms with Crippen molar-refractivity contribution in [2.24, 2.45) is 7.05 Å². The summed E-state index contributed by atoms with van der Waals surface area (Å²) in [6, 6.07) is 0. The summed E-state index contributed by atoms with van der Waals surface area (Å²) in [6.07, 6.45) is 2.92. The van der Waals surface area contributed by atoms with Crippen LogP contribution in [0, 0.1) is 5.82 Å². The topological polar surface area (TPSA) is 47.8 Å². The van der Waals surface area contributed by atoms with Crippen LogP contribution in [0.1, 0.15) is 10.4 Å². The fourth-order valence-electron chi connectivity index (χ4n) is 1.21. The van der Waals surface area contributed by atoms with Crippen LogP contribution in [-0.2, 0) is 7.05 Å². The van der Waals surface area contributed by atoms with E-state index >= 15 is 0 Å². The molecule has 5 heteroatoms. The minimum Gasteiger partial charge on any atom is -0.298 e. The van der Waals surface area contributed by atoms with Crippen LogP contribution in [0.25, 0.3) is 11.0 Å². The number of aldehydes is 1. The van der Waals surface area contributed by atoms with Gasteiger partial charge in [0.2, 0.25) is 0 Å². The highest BCUT2D eigenvalue weighted by Crippen LogP contribution is 2.16. The van der Waals surface area contributed by atoms with E-state index in [0.29, 0.717) is 17.3 Å². The molecule has 0 aliphatic carbocycles. The van der Waals surface area contributed by atoms with Crippen molar-refractivity contribution in [3.8, 4) is 0 Å². The summed E-state index contributed by atoms with van der Waals surface area (Å²) in [5, 5.41) is 4.32. The van der Waals surface area contributed by atoms with Crippen LogP contribution in [0.2, 0.25) is 0 Å². The second-order valence-corrected chi connectivity index (χ2v) is 2.64. The van der Waals surface area contributed by atoms with Crippen LogP contribution in [0.3, 0.4) is 0 Å². The molecule has 0 spiro atoms. The molecular formula is C8H6FN3O. The number of nitrogens with zero attached hydrogens (tertiary/aromatic N) is 3. The third kappa shape index (κ3) is 1.00. The summed E-state index contributed by atoms with van der Waals surface area (Å²) in [7, 11) is 1.68. The number of rotatable bonds is 1. The number of pyridine rings is 1. The average molecular weight is 179 g/mol. The van der Waals surface area contributed by atoms with Crippen molar-refractivity contribution >= 4 is 17.3 Å². The molecular weight excluding hydrogens is 173 g/mol. The summed E-state index contributed by atoms with van der Waals surface area (Å²) in [6.45, 7) is 0. The van der Waals surface area contributed by atoms with E-state index < -0.39 is 5.82 Å². The maximum absolute atomic E-state index is 13.0. The van der Waals surface area contributed by atoms with E-state index in [-0.39, 0.29) is 5.56 Å².